The monoisotopic (exact) mass is 225 g/mol. The SMILES string of the molecule is CCCC1CCCN(C=CC(=O)OC)CC1. The van der Waals surface area contributed by atoms with E-state index in [9.17, 15) is 4.79 Å². The zero-order chi connectivity index (χ0) is 11.8. The molecule has 0 N–H and O–H groups in total. The van der Waals surface area contributed by atoms with E-state index in [1.165, 1.54) is 45.3 Å². The number of methoxy groups -OCH3 is 1. The molecule has 1 fully saturated rings. The minimum atomic E-state index is -0.269. The molecule has 0 saturated carbocycles. The Hall–Kier alpha value is -0.990. The number of hydrogen-bond donors (Lipinski definition) is 0. The van der Waals surface area contributed by atoms with E-state index < -0.39 is 0 Å². The summed E-state index contributed by atoms with van der Waals surface area (Å²) in [4.78, 5) is 13.2. The second kappa shape index (κ2) is 7.31. The van der Waals surface area contributed by atoms with Crippen LogP contribution in [0.5, 0.6) is 0 Å². The fourth-order valence-electron chi connectivity index (χ4n) is 2.27. The summed E-state index contributed by atoms with van der Waals surface area (Å²) in [6, 6.07) is 0. The molecule has 3 heteroatoms. The molecule has 0 amide bonds. The molecular weight excluding hydrogens is 202 g/mol. The molecular formula is C13H23NO2. The molecule has 1 aliphatic heterocycles. The van der Waals surface area contributed by atoms with Crippen LogP contribution in [0.4, 0.5) is 0 Å². The van der Waals surface area contributed by atoms with Crippen molar-refractivity contribution in [2.75, 3.05) is 20.2 Å². The molecule has 0 spiro atoms. The molecule has 1 atom stereocenters. The van der Waals surface area contributed by atoms with Crippen molar-refractivity contribution in [2.24, 2.45) is 5.92 Å². The van der Waals surface area contributed by atoms with Gasteiger partial charge in [0.15, 0.2) is 0 Å². The smallest absolute Gasteiger partial charge is 0.331 e. The van der Waals surface area contributed by atoms with Gasteiger partial charge in [-0.25, -0.2) is 4.79 Å². The molecule has 3 nitrogen and oxygen atoms in total. The first kappa shape index (κ1) is 13.1. The molecule has 1 rings (SSSR count). The second-order valence-corrected chi connectivity index (χ2v) is 4.46. The van der Waals surface area contributed by atoms with E-state index in [2.05, 4.69) is 16.6 Å². The van der Waals surface area contributed by atoms with Gasteiger partial charge in [-0.1, -0.05) is 19.8 Å². The van der Waals surface area contributed by atoms with Gasteiger partial charge in [0.1, 0.15) is 0 Å². The molecule has 0 radical (unpaired) electrons. The van der Waals surface area contributed by atoms with E-state index in [-0.39, 0.29) is 5.97 Å². The van der Waals surface area contributed by atoms with Crippen LogP contribution in [0.25, 0.3) is 0 Å². The highest BCUT2D eigenvalue weighted by molar-refractivity contribution is 5.81. The first-order valence-corrected chi connectivity index (χ1v) is 6.26. The number of nitrogens with zero attached hydrogens (tertiary/aromatic N) is 1. The Morgan fingerprint density at radius 2 is 2.25 bits per heavy atom. The number of likely N-dealkylation sites (tertiary alicyclic amines) is 1. The van der Waals surface area contributed by atoms with Crippen molar-refractivity contribution in [3.05, 3.63) is 12.3 Å². The summed E-state index contributed by atoms with van der Waals surface area (Å²) in [7, 11) is 1.41. The van der Waals surface area contributed by atoms with Crippen LogP contribution in [0.1, 0.15) is 39.0 Å². The van der Waals surface area contributed by atoms with Gasteiger partial charge in [-0.2, -0.15) is 0 Å². The van der Waals surface area contributed by atoms with Gasteiger partial charge >= 0.3 is 5.97 Å². The summed E-state index contributed by atoms with van der Waals surface area (Å²) in [5.74, 6) is 0.607. The minimum Gasteiger partial charge on any atom is -0.466 e. The molecule has 1 heterocycles. The fourth-order valence-corrected chi connectivity index (χ4v) is 2.27. The maximum absolute atomic E-state index is 11.0. The molecule has 1 aliphatic rings. The third-order valence-electron chi connectivity index (χ3n) is 3.20. The zero-order valence-electron chi connectivity index (χ0n) is 10.4. The first-order valence-electron chi connectivity index (χ1n) is 6.26. The summed E-state index contributed by atoms with van der Waals surface area (Å²) < 4.78 is 4.58. The number of carbonyl (C=O) groups excluding carboxylic acids is 1. The van der Waals surface area contributed by atoms with Crippen molar-refractivity contribution in [1.29, 1.82) is 0 Å². The summed E-state index contributed by atoms with van der Waals surface area (Å²) in [5.41, 5.74) is 0. The van der Waals surface area contributed by atoms with Gasteiger partial charge in [0.25, 0.3) is 0 Å². The lowest BCUT2D eigenvalue weighted by atomic mass is 9.96. The van der Waals surface area contributed by atoms with Crippen molar-refractivity contribution in [2.45, 2.75) is 39.0 Å². The quantitative estimate of drug-likeness (QED) is 0.544. The van der Waals surface area contributed by atoms with Gasteiger partial charge in [-0.05, 0) is 25.2 Å². The molecule has 0 aliphatic carbocycles. The lowest BCUT2D eigenvalue weighted by molar-refractivity contribution is -0.134. The Bertz CT molecular complexity index is 238. The van der Waals surface area contributed by atoms with Gasteiger partial charge in [-0.3, -0.25) is 0 Å². The number of carbonyl (C=O) groups is 1. The summed E-state index contributed by atoms with van der Waals surface area (Å²) in [6.45, 7) is 4.38. The van der Waals surface area contributed by atoms with Crippen LogP contribution < -0.4 is 0 Å². The van der Waals surface area contributed by atoms with Crippen LogP contribution in [0, 0.1) is 5.92 Å². The molecule has 16 heavy (non-hydrogen) atoms. The predicted octanol–water partition coefficient (Wildman–Crippen LogP) is 2.58. The molecule has 1 saturated heterocycles. The Morgan fingerprint density at radius 3 is 2.94 bits per heavy atom. The van der Waals surface area contributed by atoms with Gasteiger partial charge in [0.05, 0.1) is 7.11 Å². The van der Waals surface area contributed by atoms with Crippen LogP contribution in [-0.4, -0.2) is 31.1 Å². The van der Waals surface area contributed by atoms with Crippen LogP contribution in [0.2, 0.25) is 0 Å². The Labute approximate surface area is 98.5 Å². The number of hydrogen-bond acceptors (Lipinski definition) is 3. The Kier molecular flexibility index (Phi) is 5.98. The third kappa shape index (κ3) is 4.69. The minimum absolute atomic E-state index is 0.269. The highest BCUT2D eigenvalue weighted by atomic mass is 16.5. The van der Waals surface area contributed by atoms with Gasteiger partial charge in [-0.15, -0.1) is 0 Å². The molecule has 0 aromatic rings. The maximum Gasteiger partial charge on any atom is 0.331 e. The topological polar surface area (TPSA) is 29.5 Å². The highest BCUT2D eigenvalue weighted by Gasteiger charge is 2.14. The first-order chi connectivity index (χ1) is 7.76. The lowest BCUT2D eigenvalue weighted by Crippen LogP contribution is -2.18. The van der Waals surface area contributed by atoms with Crippen molar-refractivity contribution in [1.82, 2.24) is 4.90 Å². The standard InChI is InChI=1S/C13H23NO2/c1-3-5-12-6-4-9-14(10-7-12)11-8-13(15)16-2/h8,11-12H,3-7,9-10H2,1-2H3. The van der Waals surface area contributed by atoms with Crippen molar-refractivity contribution < 1.29 is 9.53 Å². The van der Waals surface area contributed by atoms with Crippen LogP contribution >= 0.6 is 0 Å². The summed E-state index contributed by atoms with van der Waals surface area (Å²) >= 11 is 0. The van der Waals surface area contributed by atoms with Crippen molar-refractivity contribution >= 4 is 5.97 Å². The highest BCUT2D eigenvalue weighted by Crippen LogP contribution is 2.21. The molecule has 1 unspecified atom stereocenters. The van der Waals surface area contributed by atoms with E-state index in [4.69, 9.17) is 0 Å². The van der Waals surface area contributed by atoms with Crippen molar-refractivity contribution in [3.8, 4) is 0 Å². The van der Waals surface area contributed by atoms with E-state index in [1.807, 2.05) is 6.20 Å². The van der Waals surface area contributed by atoms with Gasteiger partial charge in [0.2, 0.25) is 0 Å². The Balaban J connectivity index is 2.35. The van der Waals surface area contributed by atoms with E-state index in [0.29, 0.717) is 0 Å². The summed E-state index contributed by atoms with van der Waals surface area (Å²) in [5, 5.41) is 0. The third-order valence-corrected chi connectivity index (χ3v) is 3.20. The van der Waals surface area contributed by atoms with E-state index in [0.717, 1.165) is 19.0 Å². The second-order valence-electron chi connectivity index (χ2n) is 4.46. The number of rotatable bonds is 4. The maximum atomic E-state index is 11.0. The number of esters is 1. The van der Waals surface area contributed by atoms with Crippen LogP contribution in [0.15, 0.2) is 12.3 Å². The van der Waals surface area contributed by atoms with Crippen molar-refractivity contribution in [3.63, 3.8) is 0 Å². The van der Waals surface area contributed by atoms with E-state index >= 15 is 0 Å². The predicted molar refractivity (Wildman–Crippen MR) is 65.0 cm³/mol. The average molecular weight is 225 g/mol. The molecule has 0 aromatic heterocycles. The number of ether oxygens (including phenoxy) is 1. The van der Waals surface area contributed by atoms with E-state index in [1.54, 1.807) is 0 Å². The fraction of sp³-hybridized carbons (Fsp3) is 0.769. The zero-order valence-corrected chi connectivity index (χ0v) is 10.4. The Morgan fingerprint density at radius 1 is 1.44 bits per heavy atom. The summed E-state index contributed by atoms with van der Waals surface area (Å²) in [6.07, 6.45) is 9.82. The normalized spacial score (nSPS) is 22.1. The molecule has 92 valence electrons. The van der Waals surface area contributed by atoms with Crippen LogP contribution in [0.3, 0.4) is 0 Å². The molecule has 0 aromatic carbocycles. The lowest BCUT2D eigenvalue weighted by Gasteiger charge is -2.17. The largest absolute Gasteiger partial charge is 0.466 e. The molecule has 0 bridgehead atoms. The van der Waals surface area contributed by atoms with Crippen LogP contribution in [-0.2, 0) is 9.53 Å². The average Bonchev–Trinajstić information content (AvgIpc) is 2.52. The van der Waals surface area contributed by atoms with Gasteiger partial charge < -0.3 is 9.64 Å². The van der Waals surface area contributed by atoms with Gasteiger partial charge in [0, 0.05) is 25.4 Å².